The molecule has 0 spiro atoms. The summed E-state index contributed by atoms with van der Waals surface area (Å²) in [7, 11) is 0. The highest BCUT2D eigenvalue weighted by molar-refractivity contribution is 5.62. The molecule has 0 amide bonds. The van der Waals surface area contributed by atoms with Gasteiger partial charge in [-0.2, -0.15) is 0 Å². The second kappa shape index (κ2) is 20.5. The highest BCUT2D eigenvalue weighted by Gasteiger charge is 2.11. The van der Waals surface area contributed by atoms with Gasteiger partial charge in [0.1, 0.15) is 11.5 Å². The first kappa shape index (κ1) is 34.3. The van der Waals surface area contributed by atoms with E-state index in [1.165, 1.54) is 51.4 Å². The quantitative estimate of drug-likeness (QED) is 0.0879. The Bertz CT molecular complexity index is 1580. The lowest BCUT2D eigenvalue weighted by molar-refractivity contribution is 0.295. The number of pyridine rings is 2. The van der Waals surface area contributed by atoms with Gasteiger partial charge in [-0.15, -0.1) is 0 Å². The molecular formula is C42H48N2O2. The number of hydrogen-bond donors (Lipinski definition) is 0. The minimum atomic E-state index is 0.642. The van der Waals surface area contributed by atoms with E-state index in [0.717, 1.165) is 70.8 Å². The smallest absolute Gasteiger partial charge is 0.136 e. The van der Waals surface area contributed by atoms with Gasteiger partial charge in [0.05, 0.1) is 35.7 Å². The minimum Gasteiger partial charge on any atom is -0.492 e. The Balaban J connectivity index is 1.61. The van der Waals surface area contributed by atoms with E-state index >= 15 is 0 Å². The molecule has 0 aliphatic rings. The van der Waals surface area contributed by atoms with Crippen LogP contribution in [-0.2, 0) is 0 Å². The van der Waals surface area contributed by atoms with Crippen LogP contribution in [0.25, 0.3) is 11.4 Å². The van der Waals surface area contributed by atoms with Crippen LogP contribution in [0.2, 0.25) is 0 Å². The topological polar surface area (TPSA) is 44.2 Å². The van der Waals surface area contributed by atoms with Gasteiger partial charge >= 0.3 is 0 Å². The Hall–Kier alpha value is -4.54. The molecule has 2 aromatic carbocycles. The van der Waals surface area contributed by atoms with Crippen LogP contribution in [0, 0.1) is 23.7 Å². The predicted molar refractivity (Wildman–Crippen MR) is 190 cm³/mol. The number of unbranched alkanes of at least 4 members (excludes halogenated alkanes) is 10. The monoisotopic (exact) mass is 612 g/mol. The minimum absolute atomic E-state index is 0.642. The van der Waals surface area contributed by atoms with Crippen LogP contribution in [0.15, 0.2) is 85.2 Å². The van der Waals surface area contributed by atoms with E-state index in [0.29, 0.717) is 13.2 Å². The zero-order chi connectivity index (χ0) is 32.1. The van der Waals surface area contributed by atoms with Gasteiger partial charge in [0.2, 0.25) is 0 Å². The predicted octanol–water partition coefficient (Wildman–Crippen LogP) is 10.4. The average molecular weight is 613 g/mol. The maximum absolute atomic E-state index is 6.41. The van der Waals surface area contributed by atoms with Crippen LogP contribution in [0.3, 0.4) is 0 Å². The average Bonchev–Trinajstić information content (AvgIpc) is 3.10. The summed E-state index contributed by atoms with van der Waals surface area (Å²) in [5, 5.41) is 0. The molecule has 2 aromatic heterocycles. The second-order valence-corrected chi connectivity index (χ2v) is 11.6. The standard InChI is InChI=1S/C42H48N2O2/c1-3-5-7-9-11-18-30-45-41-34-38(26-24-36-27-29-44-40(32-36)39-22-16-17-28-43-39)42(46-31-19-12-10-8-6-4-2)33-37(41)25-23-35-20-14-13-15-21-35/h13-17,20-22,27-29,32-34H,3-12,18-19,30-31H2,1-2H3. The molecule has 238 valence electrons. The molecule has 0 radical (unpaired) electrons. The van der Waals surface area contributed by atoms with E-state index in [-0.39, 0.29) is 0 Å². The first-order valence-corrected chi connectivity index (χ1v) is 17.2. The largest absolute Gasteiger partial charge is 0.492 e. The summed E-state index contributed by atoms with van der Waals surface area (Å²) in [6, 6.07) is 23.8. The van der Waals surface area contributed by atoms with Gasteiger partial charge in [-0.05, 0) is 49.2 Å². The second-order valence-electron chi connectivity index (χ2n) is 11.6. The van der Waals surface area contributed by atoms with Crippen molar-refractivity contribution in [3.05, 3.63) is 107 Å². The van der Waals surface area contributed by atoms with E-state index < -0.39 is 0 Å². The van der Waals surface area contributed by atoms with Gasteiger partial charge in [0.25, 0.3) is 0 Å². The molecule has 4 rings (SSSR count). The zero-order valence-corrected chi connectivity index (χ0v) is 27.7. The van der Waals surface area contributed by atoms with Gasteiger partial charge in [0.15, 0.2) is 0 Å². The summed E-state index contributed by atoms with van der Waals surface area (Å²) in [6.45, 7) is 5.78. The number of aromatic nitrogens is 2. The van der Waals surface area contributed by atoms with E-state index in [1.807, 2.05) is 72.8 Å². The molecule has 0 fully saturated rings. The number of rotatable bonds is 17. The summed E-state index contributed by atoms with van der Waals surface area (Å²) in [5.41, 5.74) is 5.05. The van der Waals surface area contributed by atoms with Crippen molar-refractivity contribution in [2.45, 2.75) is 90.9 Å². The van der Waals surface area contributed by atoms with Crippen molar-refractivity contribution in [3.8, 4) is 46.6 Å². The van der Waals surface area contributed by atoms with Crippen LogP contribution in [0.4, 0.5) is 0 Å². The Morgan fingerprint density at radius 3 is 1.61 bits per heavy atom. The summed E-state index contributed by atoms with van der Waals surface area (Å²) in [4.78, 5) is 8.95. The molecule has 0 N–H and O–H groups in total. The molecule has 0 bridgehead atoms. The number of benzene rings is 2. The van der Waals surface area contributed by atoms with Crippen molar-refractivity contribution in [3.63, 3.8) is 0 Å². The molecule has 4 heteroatoms. The highest BCUT2D eigenvalue weighted by atomic mass is 16.5. The molecule has 0 saturated carbocycles. The van der Waals surface area contributed by atoms with Crippen molar-refractivity contribution in [2.24, 2.45) is 0 Å². The molecule has 0 aliphatic carbocycles. The molecular weight excluding hydrogens is 564 g/mol. The molecule has 46 heavy (non-hydrogen) atoms. The molecule has 0 aliphatic heterocycles. The lowest BCUT2D eigenvalue weighted by atomic mass is 10.1. The zero-order valence-electron chi connectivity index (χ0n) is 27.7. The van der Waals surface area contributed by atoms with Gasteiger partial charge < -0.3 is 9.47 Å². The van der Waals surface area contributed by atoms with Crippen molar-refractivity contribution >= 4 is 0 Å². The molecule has 4 aromatic rings. The third-order valence-electron chi connectivity index (χ3n) is 7.74. The van der Waals surface area contributed by atoms with Crippen LogP contribution in [0.5, 0.6) is 11.5 Å². The fourth-order valence-electron chi connectivity index (χ4n) is 5.09. The van der Waals surface area contributed by atoms with Gasteiger partial charge in [0, 0.05) is 35.7 Å². The Morgan fingerprint density at radius 1 is 0.478 bits per heavy atom. The van der Waals surface area contributed by atoms with Crippen LogP contribution in [0.1, 0.15) is 113 Å². The molecule has 4 nitrogen and oxygen atoms in total. The number of nitrogens with zero attached hydrogens (tertiary/aromatic N) is 2. The summed E-state index contributed by atoms with van der Waals surface area (Å²) >= 11 is 0. The fourth-order valence-corrected chi connectivity index (χ4v) is 5.09. The third kappa shape index (κ3) is 12.1. The normalized spacial score (nSPS) is 10.4. The van der Waals surface area contributed by atoms with Crippen LogP contribution >= 0.6 is 0 Å². The summed E-state index contributed by atoms with van der Waals surface area (Å²) < 4.78 is 12.8. The Labute approximate surface area is 277 Å². The van der Waals surface area contributed by atoms with E-state index in [1.54, 1.807) is 12.4 Å². The third-order valence-corrected chi connectivity index (χ3v) is 7.74. The first-order valence-electron chi connectivity index (χ1n) is 17.2. The first-order chi connectivity index (χ1) is 22.8. The fraction of sp³-hybridized carbons (Fsp3) is 0.381. The van der Waals surface area contributed by atoms with E-state index in [4.69, 9.17) is 9.47 Å². The summed E-state index contributed by atoms with van der Waals surface area (Å²) in [5.74, 6) is 14.9. The number of hydrogen-bond acceptors (Lipinski definition) is 4. The van der Waals surface area contributed by atoms with E-state index in [9.17, 15) is 0 Å². The summed E-state index contributed by atoms with van der Waals surface area (Å²) in [6.07, 6.45) is 18.0. The van der Waals surface area contributed by atoms with Crippen molar-refractivity contribution in [1.82, 2.24) is 9.97 Å². The Kier molecular flexibility index (Phi) is 15.3. The molecule has 0 atom stereocenters. The molecule has 0 unspecified atom stereocenters. The van der Waals surface area contributed by atoms with E-state index in [2.05, 4.69) is 47.5 Å². The van der Waals surface area contributed by atoms with Crippen LogP contribution < -0.4 is 9.47 Å². The lowest BCUT2D eigenvalue weighted by Crippen LogP contribution is -2.03. The number of ether oxygens (including phenoxy) is 2. The SMILES string of the molecule is CCCCCCCCOc1cc(C#Cc2ccnc(-c3ccccn3)c2)c(OCCCCCCCC)cc1C#Cc1ccccc1. The molecule has 2 heterocycles. The maximum atomic E-state index is 6.41. The van der Waals surface area contributed by atoms with Crippen molar-refractivity contribution in [2.75, 3.05) is 13.2 Å². The van der Waals surface area contributed by atoms with Gasteiger partial charge in [-0.3, -0.25) is 9.97 Å². The van der Waals surface area contributed by atoms with Gasteiger partial charge in [-0.1, -0.05) is 126 Å². The maximum Gasteiger partial charge on any atom is 0.136 e. The lowest BCUT2D eigenvalue weighted by Gasteiger charge is -2.14. The van der Waals surface area contributed by atoms with Crippen LogP contribution in [-0.4, -0.2) is 23.2 Å². The van der Waals surface area contributed by atoms with Crippen molar-refractivity contribution in [1.29, 1.82) is 0 Å². The Morgan fingerprint density at radius 2 is 1.02 bits per heavy atom. The van der Waals surface area contributed by atoms with Gasteiger partial charge in [-0.25, -0.2) is 0 Å². The molecule has 0 saturated heterocycles. The highest BCUT2D eigenvalue weighted by Crippen LogP contribution is 2.29. The van der Waals surface area contributed by atoms with Crippen molar-refractivity contribution < 1.29 is 9.47 Å².